The van der Waals surface area contributed by atoms with Crippen molar-refractivity contribution in [1.82, 2.24) is 29.4 Å². The molecule has 0 radical (unpaired) electrons. The maximum atomic E-state index is 5.86. The fraction of sp³-hybridized carbons (Fsp3) is 0.350. The number of aryl methyl sites for hydroxylation is 2. The molecule has 0 N–H and O–H groups in total. The van der Waals surface area contributed by atoms with Crippen molar-refractivity contribution in [1.29, 1.82) is 0 Å². The molecule has 8 rings (SSSR count). The molecule has 0 aliphatic carbocycles. The van der Waals surface area contributed by atoms with Gasteiger partial charge in [-0.3, -0.25) is 9.80 Å². The van der Waals surface area contributed by atoms with Crippen LogP contribution < -0.4 is 9.47 Å². The summed E-state index contributed by atoms with van der Waals surface area (Å²) in [5, 5.41) is 14.1. The summed E-state index contributed by atoms with van der Waals surface area (Å²) >= 11 is 0. The molecule has 268 valence electrons. The molecule has 0 amide bonds. The Bertz CT molecular complexity index is 1860. The zero-order valence-electron chi connectivity index (χ0n) is 29.4. The summed E-state index contributed by atoms with van der Waals surface area (Å²) in [4.78, 5) is 4.72. The third-order valence-corrected chi connectivity index (χ3v) is 9.21. The van der Waals surface area contributed by atoms with E-state index in [9.17, 15) is 0 Å². The molecule has 4 heterocycles. The highest BCUT2D eigenvalue weighted by Gasteiger charge is 2.13. The number of halogens is 1. The lowest BCUT2D eigenvalue weighted by Gasteiger charge is -2.26. The van der Waals surface area contributed by atoms with Gasteiger partial charge < -0.3 is 18.9 Å². The van der Waals surface area contributed by atoms with Gasteiger partial charge in [0.25, 0.3) is 0 Å². The van der Waals surface area contributed by atoms with Gasteiger partial charge in [-0.15, -0.1) is 22.6 Å². The Hall–Kier alpha value is -4.45. The predicted octanol–water partition coefficient (Wildman–Crippen LogP) is 6.51. The summed E-state index contributed by atoms with van der Waals surface area (Å²) in [5.41, 5.74) is 4.24. The first-order chi connectivity index (χ1) is 24.6. The summed E-state index contributed by atoms with van der Waals surface area (Å²) in [5.74, 6) is 1.36. The van der Waals surface area contributed by atoms with Crippen molar-refractivity contribution in [3.63, 3.8) is 0 Å². The molecule has 51 heavy (non-hydrogen) atoms. The summed E-state index contributed by atoms with van der Waals surface area (Å²) < 4.78 is 26.3. The van der Waals surface area contributed by atoms with E-state index in [1.54, 1.807) is 0 Å². The van der Waals surface area contributed by atoms with E-state index in [1.807, 2.05) is 21.5 Å². The highest BCUT2D eigenvalue weighted by atomic mass is 35.5. The normalized spacial score (nSPS) is 15.3. The third kappa shape index (κ3) is 9.46. The highest BCUT2D eigenvalue weighted by Crippen LogP contribution is 2.23. The number of aromatic nitrogens is 4. The van der Waals surface area contributed by atoms with Crippen LogP contribution in [0.4, 0.5) is 0 Å². The lowest BCUT2D eigenvalue weighted by Crippen LogP contribution is -2.38. The lowest BCUT2D eigenvalue weighted by atomic mass is 10.1. The minimum absolute atomic E-state index is 0. The zero-order valence-corrected chi connectivity index (χ0v) is 30.3. The second kappa shape index (κ2) is 17.7. The fourth-order valence-electron chi connectivity index (χ4n) is 6.38. The molecular weight excluding hydrogens is 664 g/mol. The van der Waals surface area contributed by atoms with Gasteiger partial charge in [-0.2, -0.15) is 0 Å². The van der Waals surface area contributed by atoms with Crippen LogP contribution >= 0.6 is 12.4 Å². The summed E-state index contributed by atoms with van der Waals surface area (Å²) in [6.07, 6.45) is 0. The first kappa shape index (κ1) is 36.3. The molecule has 0 saturated carbocycles. The number of hydrogen-bond donors (Lipinski definition) is 0. The van der Waals surface area contributed by atoms with E-state index in [-0.39, 0.29) is 12.4 Å². The first-order valence-corrected chi connectivity index (χ1v) is 17.6. The Labute approximate surface area is 305 Å². The van der Waals surface area contributed by atoms with E-state index >= 15 is 0 Å². The Morgan fingerprint density at radius 1 is 0.529 bits per heavy atom. The quantitative estimate of drug-likeness (QED) is 0.159. The predicted molar refractivity (Wildman–Crippen MR) is 204 cm³/mol. The van der Waals surface area contributed by atoms with Crippen LogP contribution in [0.25, 0.3) is 32.9 Å². The van der Waals surface area contributed by atoms with Crippen LogP contribution in [0.1, 0.15) is 11.4 Å². The molecule has 10 nitrogen and oxygen atoms in total. The number of ether oxygens (including phenoxy) is 4. The molecule has 11 heteroatoms. The van der Waals surface area contributed by atoms with Gasteiger partial charge in [-0.1, -0.05) is 60.7 Å². The van der Waals surface area contributed by atoms with Crippen molar-refractivity contribution in [2.45, 2.75) is 13.8 Å². The van der Waals surface area contributed by atoms with Crippen LogP contribution in [-0.2, 0) is 9.47 Å². The van der Waals surface area contributed by atoms with Crippen molar-refractivity contribution >= 4 is 34.0 Å². The number of nitrogens with zero attached hydrogens (tertiary/aromatic N) is 6. The fourth-order valence-corrected chi connectivity index (χ4v) is 6.38. The van der Waals surface area contributed by atoms with E-state index < -0.39 is 0 Å². The van der Waals surface area contributed by atoms with E-state index in [0.717, 1.165) is 88.5 Å². The Morgan fingerprint density at radius 3 is 1.33 bits per heavy atom. The van der Waals surface area contributed by atoms with Crippen molar-refractivity contribution in [2.24, 2.45) is 0 Å². The second-order valence-electron chi connectivity index (χ2n) is 12.7. The Balaban J connectivity index is 0.000000172. The molecule has 2 saturated heterocycles. The zero-order chi connectivity index (χ0) is 34.1. The van der Waals surface area contributed by atoms with E-state index in [1.165, 1.54) is 21.5 Å². The average molecular weight is 711 g/mol. The van der Waals surface area contributed by atoms with Crippen LogP contribution in [0.15, 0.2) is 97.1 Å². The molecule has 0 unspecified atom stereocenters. The van der Waals surface area contributed by atoms with Crippen LogP contribution in [0.2, 0.25) is 0 Å². The van der Waals surface area contributed by atoms with Gasteiger partial charge in [0.15, 0.2) is 0 Å². The van der Waals surface area contributed by atoms with Crippen molar-refractivity contribution < 1.29 is 18.9 Å². The molecule has 0 spiro atoms. The molecule has 0 bridgehead atoms. The number of rotatable bonds is 10. The first-order valence-electron chi connectivity index (χ1n) is 17.6. The number of benzene rings is 4. The van der Waals surface area contributed by atoms with Gasteiger partial charge in [0, 0.05) is 62.8 Å². The van der Waals surface area contributed by atoms with Gasteiger partial charge in [0.2, 0.25) is 11.8 Å². The van der Waals surface area contributed by atoms with Gasteiger partial charge in [0.1, 0.15) is 13.2 Å². The number of fused-ring (bicyclic) bond motifs is 2. The van der Waals surface area contributed by atoms with E-state index in [0.29, 0.717) is 25.0 Å². The van der Waals surface area contributed by atoms with Crippen LogP contribution in [0, 0.1) is 13.8 Å². The smallest absolute Gasteiger partial charge is 0.233 e. The molecule has 2 aliphatic rings. The molecular formula is C40H47ClN6O4. The molecule has 2 aromatic heterocycles. The Morgan fingerprint density at radius 2 is 0.922 bits per heavy atom. The molecule has 2 aliphatic heterocycles. The maximum absolute atomic E-state index is 5.86. The largest absolute Gasteiger partial charge is 0.475 e. The van der Waals surface area contributed by atoms with E-state index in [4.69, 9.17) is 18.9 Å². The van der Waals surface area contributed by atoms with Crippen molar-refractivity contribution in [3.05, 3.63) is 108 Å². The van der Waals surface area contributed by atoms with Gasteiger partial charge >= 0.3 is 0 Å². The second-order valence-corrected chi connectivity index (χ2v) is 12.7. The van der Waals surface area contributed by atoms with Gasteiger partial charge in [0.05, 0.1) is 37.8 Å². The van der Waals surface area contributed by atoms with Crippen molar-refractivity contribution in [2.75, 3.05) is 78.9 Å². The monoisotopic (exact) mass is 710 g/mol. The van der Waals surface area contributed by atoms with Crippen LogP contribution in [-0.4, -0.2) is 108 Å². The summed E-state index contributed by atoms with van der Waals surface area (Å²) in [7, 11) is 0. The van der Waals surface area contributed by atoms with E-state index in [2.05, 4.69) is 119 Å². The average Bonchev–Trinajstić information content (AvgIpc) is 3.73. The molecule has 2 fully saturated rings. The number of hydrogen-bond acceptors (Lipinski definition) is 8. The third-order valence-electron chi connectivity index (χ3n) is 9.21. The highest BCUT2D eigenvalue weighted by molar-refractivity contribution is 5.86. The van der Waals surface area contributed by atoms with Crippen LogP contribution in [0.5, 0.6) is 11.8 Å². The van der Waals surface area contributed by atoms with Crippen molar-refractivity contribution in [3.8, 4) is 23.1 Å². The standard InChI is InChI=1S/2C20H23N3O2.ClH/c2*1-16-14-20(25-13-10-22-8-11-24-12-9-22)21-23(16)19-7-6-17-4-2-3-5-18(17)15-19;/h2*2-7,14-15H,8-13H2,1H3;1H. The minimum atomic E-state index is 0. The summed E-state index contributed by atoms with van der Waals surface area (Å²) in [6, 6.07) is 33.5. The number of morpholine rings is 2. The summed E-state index contributed by atoms with van der Waals surface area (Å²) in [6.45, 7) is 14.4. The van der Waals surface area contributed by atoms with Gasteiger partial charge in [-0.25, -0.2) is 9.36 Å². The minimum Gasteiger partial charge on any atom is -0.475 e. The van der Waals surface area contributed by atoms with Gasteiger partial charge in [-0.05, 0) is 59.7 Å². The molecule has 4 aromatic carbocycles. The van der Waals surface area contributed by atoms with Crippen LogP contribution in [0.3, 0.4) is 0 Å². The SMILES string of the molecule is Cc1cc(OCCN2CCOCC2)nn1-c1ccc2ccccc2c1.Cc1cc(OCCN2CCOCC2)nn1-c1ccc2ccccc2c1.Cl. The Kier molecular flexibility index (Phi) is 12.6. The topological polar surface area (TPSA) is 79.0 Å². The lowest BCUT2D eigenvalue weighted by molar-refractivity contribution is 0.0319. The molecule has 6 aromatic rings. The maximum Gasteiger partial charge on any atom is 0.233 e. The molecule has 0 atom stereocenters.